The molecule has 0 saturated carbocycles. The van der Waals surface area contributed by atoms with Crippen molar-refractivity contribution >= 4 is 12.0 Å². The molecule has 0 unspecified atom stereocenters. The highest BCUT2D eigenvalue weighted by Gasteiger charge is 2.32. The molecule has 0 aromatic heterocycles. The van der Waals surface area contributed by atoms with Crippen LogP contribution in [0.15, 0.2) is 0 Å². The van der Waals surface area contributed by atoms with Gasteiger partial charge in [0.2, 0.25) is 5.91 Å². The topological polar surface area (TPSA) is 76.7 Å². The molecule has 1 aliphatic heterocycles. The molecule has 1 heterocycles. The Morgan fingerprint density at radius 3 is 2.39 bits per heavy atom. The summed E-state index contributed by atoms with van der Waals surface area (Å²) in [7, 11) is 0. The lowest BCUT2D eigenvalue weighted by Crippen LogP contribution is -2.57. The molecule has 1 fully saturated rings. The molecule has 0 aliphatic carbocycles. The predicted octanol–water partition coefficient (Wildman–Crippen LogP) is 2.61. The van der Waals surface area contributed by atoms with Gasteiger partial charge in [-0.1, -0.05) is 13.8 Å². The molecule has 2 atom stereocenters. The van der Waals surface area contributed by atoms with Crippen LogP contribution >= 0.6 is 0 Å². The van der Waals surface area contributed by atoms with Crippen molar-refractivity contribution in [2.75, 3.05) is 13.2 Å². The summed E-state index contributed by atoms with van der Waals surface area (Å²) in [5.41, 5.74) is -1.08. The van der Waals surface area contributed by atoms with Gasteiger partial charge in [0.25, 0.3) is 0 Å². The quantitative estimate of drug-likeness (QED) is 0.786. The van der Waals surface area contributed by atoms with Crippen LogP contribution in [0, 0.1) is 5.92 Å². The van der Waals surface area contributed by atoms with Crippen LogP contribution in [0.2, 0.25) is 0 Å². The van der Waals surface area contributed by atoms with Gasteiger partial charge in [-0.05, 0) is 46.5 Å². The van der Waals surface area contributed by atoms with Crippen molar-refractivity contribution in [2.24, 2.45) is 5.92 Å². The highest BCUT2D eigenvalue weighted by molar-refractivity contribution is 5.77. The summed E-state index contributed by atoms with van der Waals surface area (Å²) in [5, 5.41) is 5.80. The molecule has 23 heavy (non-hydrogen) atoms. The van der Waals surface area contributed by atoms with Crippen LogP contribution < -0.4 is 10.6 Å². The number of rotatable bonds is 6. The van der Waals surface area contributed by atoms with Crippen molar-refractivity contribution in [3.63, 3.8) is 0 Å². The monoisotopic (exact) mass is 328 g/mol. The lowest BCUT2D eigenvalue weighted by atomic mass is 9.88. The standard InChI is InChI=1S/C17H32N2O4/c1-12(2)17(6,11-18-15(21)23-16(3,4)5)19-14(20)10-13-8-7-9-22-13/h12-13H,7-11H2,1-6H3,(H,18,21)(H,19,20)/t13-,17+/m0/s1. The number of carbonyl (C=O) groups is 2. The van der Waals surface area contributed by atoms with Crippen LogP contribution in [0.1, 0.15) is 60.8 Å². The Kier molecular flexibility index (Phi) is 6.86. The molecule has 6 nitrogen and oxygen atoms in total. The van der Waals surface area contributed by atoms with Crippen LogP contribution in [0.5, 0.6) is 0 Å². The van der Waals surface area contributed by atoms with Gasteiger partial charge in [0.05, 0.1) is 18.1 Å². The third-order valence-electron chi connectivity index (χ3n) is 4.14. The molecule has 6 heteroatoms. The van der Waals surface area contributed by atoms with Crippen molar-refractivity contribution in [3.05, 3.63) is 0 Å². The van der Waals surface area contributed by atoms with E-state index >= 15 is 0 Å². The lowest BCUT2D eigenvalue weighted by Gasteiger charge is -2.35. The minimum Gasteiger partial charge on any atom is -0.444 e. The van der Waals surface area contributed by atoms with Crippen molar-refractivity contribution in [1.82, 2.24) is 10.6 Å². The molecule has 0 radical (unpaired) electrons. The highest BCUT2D eigenvalue weighted by atomic mass is 16.6. The Morgan fingerprint density at radius 2 is 1.91 bits per heavy atom. The van der Waals surface area contributed by atoms with Gasteiger partial charge >= 0.3 is 6.09 Å². The minimum atomic E-state index is -0.540. The number of alkyl carbamates (subject to hydrolysis) is 1. The van der Waals surface area contributed by atoms with E-state index < -0.39 is 17.2 Å². The van der Waals surface area contributed by atoms with Crippen molar-refractivity contribution in [1.29, 1.82) is 0 Å². The Bertz CT molecular complexity index is 411. The first kappa shape index (κ1) is 19.7. The second-order valence-electron chi connectivity index (χ2n) is 7.81. The first-order valence-corrected chi connectivity index (χ1v) is 8.41. The van der Waals surface area contributed by atoms with E-state index in [1.54, 1.807) is 0 Å². The molecular formula is C17H32N2O4. The van der Waals surface area contributed by atoms with E-state index in [1.807, 2.05) is 41.5 Å². The lowest BCUT2D eigenvalue weighted by molar-refractivity contribution is -0.125. The predicted molar refractivity (Wildman–Crippen MR) is 89.2 cm³/mol. The highest BCUT2D eigenvalue weighted by Crippen LogP contribution is 2.19. The fourth-order valence-electron chi connectivity index (χ4n) is 2.34. The number of nitrogens with one attached hydrogen (secondary N) is 2. The molecule has 0 aromatic rings. The van der Waals surface area contributed by atoms with E-state index in [-0.39, 0.29) is 17.9 Å². The number of ether oxygens (including phenoxy) is 2. The van der Waals surface area contributed by atoms with E-state index in [0.717, 1.165) is 19.4 Å². The summed E-state index contributed by atoms with van der Waals surface area (Å²) in [5.74, 6) is 0.116. The summed E-state index contributed by atoms with van der Waals surface area (Å²) < 4.78 is 10.7. The molecule has 0 bridgehead atoms. The molecule has 0 aromatic carbocycles. The Hall–Kier alpha value is -1.30. The number of amides is 2. The Morgan fingerprint density at radius 1 is 1.26 bits per heavy atom. The van der Waals surface area contributed by atoms with E-state index in [1.165, 1.54) is 0 Å². The average Bonchev–Trinajstić information content (AvgIpc) is 2.86. The summed E-state index contributed by atoms with van der Waals surface area (Å²) in [4.78, 5) is 24.1. The van der Waals surface area contributed by atoms with E-state index in [4.69, 9.17) is 9.47 Å². The van der Waals surface area contributed by atoms with Crippen molar-refractivity contribution in [2.45, 2.75) is 78.0 Å². The first-order chi connectivity index (χ1) is 10.5. The van der Waals surface area contributed by atoms with Gasteiger partial charge in [-0.15, -0.1) is 0 Å². The Balaban J connectivity index is 2.53. The maximum atomic E-state index is 12.3. The zero-order valence-electron chi connectivity index (χ0n) is 15.3. The third-order valence-corrected chi connectivity index (χ3v) is 4.14. The largest absolute Gasteiger partial charge is 0.444 e. The van der Waals surface area contributed by atoms with Gasteiger partial charge in [0.15, 0.2) is 0 Å². The molecule has 2 N–H and O–H groups in total. The van der Waals surface area contributed by atoms with Gasteiger partial charge in [-0.25, -0.2) is 4.79 Å². The van der Waals surface area contributed by atoms with Crippen molar-refractivity contribution < 1.29 is 19.1 Å². The number of carbonyl (C=O) groups excluding carboxylic acids is 2. The second-order valence-corrected chi connectivity index (χ2v) is 7.81. The van der Waals surface area contributed by atoms with Crippen LogP contribution in [0.25, 0.3) is 0 Å². The summed E-state index contributed by atoms with van der Waals surface area (Å²) >= 11 is 0. The zero-order chi connectivity index (χ0) is 17.7. The van der Waals surface area contributed by atoms with E-state index in [2.05, 4.69) is 10.6 Å². The molecule has 1 aliphatic rings. The fraction of sp³-hybridized carbons (Fsp3) is 0.882. The van der Waals surface area contributed by atoms with Gasteiger partial charge < -0.3 is 20.1 Å². The smallest absolute Gasteiger partial charge is 0.407 e. The van der Waals surface area contributed by atoms with Crippen molar-refractivity contribution in [3.8, 4) is 0 Å². The SMILES string of the molecule is CC(C)[C@@](C)(CNC(=O)OC(C)(C)C)NC(=O)C[C@@H]1CCCO1. The van der Waals surface area contributed by atoms with Gasteiger partial charge in [-0.3, -0.25) is 4.79 Å². The fourth-order valence-corrected chi connectivity index (χ4v) is 2.34. The first-order valence-electron chi connectivity index (χ1n) is 8.41. The minimum absolute atomic E-state index is 0.0187. The summed E-state index contributed by atoms with van der Waals surface area (Å²) in [6.45, 7) is 12.5. The molecule has 134 valence electrons. The van der Waals surface area contributed by atoms with Crippen LogP contribution in [0.4, 0.5) is 4.79 Å². The maximum Gasteiger partial charge on any atom is 0.407 e. The van der Waals surface area contributed by atoms with Gasteiger partial charge in [-0.2, -0.15) is 0 Å². The zero-order valence-corrected chi connectivity index (χ0v) is 15.3. The third kappa shape index (κ3) is 7.20. The maximum absolute atomic E-state index is 12.3. The molecule has 0 spiro atoms. The van der Waals surface area contributed by atoms with Gasteiger partial charge in [0.1, 0.15) is 5.60 Å². The normalized spacial score (nSPS) is 20.9. The van der Waals surface area contributed by atoms with Gasteiger partial charge in [0, 0.05) is 13.2 Å². The average molecular weight is 328 g/mol. The summed E-state index contributed by atoms with van der Waals surface area (Å²) in [6.07, 6.45) is 1.86. The summed E-state index contributed by atoms with van der Waals surface area (Å²) in [6, 6.07) is 0. The van der Waals surface area contributed by atoms with Crippen LogP contribution in [0.3, 0.4) is 0 Å². The Labute approximate surface area is 139 Å². The number of hydrogen-bond donors (Lipinski definition) is 2. The molecular weight excluding hydrogens is 296 g/mol. The van der Waals surface area contributed by atoms with Crippen LogP contribution in [-0.4, -0.2) is 42.4 Å². The molecule has 2 amide bonds. The van der Waals surface area contributed by atoms with E-state index in [0.29, 0.717) is 13.0 Å². The van der Waals surface area contributed by atoms with Crippen LogP contribution in [-0.2, 0) is 14.3 Å². The second kappa shape index (κ2) is 7.99. The van der Waals surface area contributed by atoms with E-state index in [9.17, 15) is 9.59 Å². The molecule has 1 saturated heterocycles. The molecule has 1 rings (SSSR count). The number of hydrogen-bond acceptors (Lipinski definition) is 4.